The highest BCUT2D eigenvalue weighted by Gasteiger charge is 2.29. The van der Waals surface area contributed by atoms with E-state index in [1.165, 1.54) is 0 Å². The number of nitrogens with one attached hydrogen (secondary N) is 1. The summed E-state index contributed by atoms with van der Waals surface area (Å²) in [6, 6.07) is 20.2. The van der Waals surface area contributed by atoms with Crippen molar-refractivity contribution in [3.8, 4) is 17.2 Å². The van der Waals surface area contributed by atoms with Crippen LogP contribution in [0.25, 0.3) is 0 Å². The van der Waals surface area contributed by atoms with E-state index in [1.54, 1.807) is 48.4 Å². The average Bonchev–Trinajstić information content (AvgIpc) is 3.34. The molecular formula is C26H25N3O5. The molecule has 174 valence electrons. The van der Waals surface area contributed by atoms with Crippen LogP contribution < -0.4 is 24.4 Å². The maximum Gasteiger partial charge on any atom is 0.324 e. The normalized spacial score (nSPS) is 14.8. The Morgan fingerprint density at radius 3 is 2.65 bits per heavy atom. The molecule has 2 heterocycles. The van der Waals surface area contributed by atoms with Gasteiger partial charge in [-0.1, -0.05) is 30.3 Å². The Morgan fingerprint density at radius 2 is 1.82 bits per heavy atom. The zero-order chi connectivity index (χ0) is 23.5. The smallest absolute Gasteiger partial charge is 0.324 e. The summed E-state index contributed by atoms with van der Waals surface area (Å²) < 4.78 is 16.2. The van der Waals surface area contributed by atoms with Crippen LogP contribution in [0.15, 0.2) is 66.7 Å². The molecule has 1 saturated heterocycles. The molecule has 0 radical (unpaired) electrons. The Bertz CT molecular complexity index is 1210. The Kier molecular flexibility index (Phi) is 5.95. The first-order valence-electron chi connectivity index (χ1n) is 11.1. The minimum absolute atomic E-state index is 0.0901. The third kappa shape index (κ3) is 4.34. The predicted octanol–water partition coefficient (Wildman–Crippen LogP) is 4.51. The summed E-state index contributed by atoms with van der Waals surface area (Å²) in [6.07, 6.45) is 0.829. The fourth-order valence-electron chi connectivity index (χ4n) is 4.18. The molecule has 1 fully saturated rings. The van der Waals surface area contributed by atoms with E-state index in [-0.39, 0.29) is 18.7 Å². The Hall–Kier alpha value is -4.20. The molecule has 8 nitrogen and oxygen atoms in total. The van der Waals surface area contributed by atoms with E-state index < -0.39 is 0 Å². The van der Waals surface area contributed by atoms with E-state index in [4.69, 9.17) is 14.2 Å². The molecule has 0 bridgehead atoms. The van der Waals surface area contributed by atoms with Crippen molar-refractivity contribution < 1.29 is 23.8 Å². The molecule has 1 N–H and O–H groups in total. The molecular weight excluding hydrogens is 434 g/mol. The van der Waals surface area contributed by atoms with Gasteiger partial charge in [-0.2, -0.15) is 0 Å². The van der Waals surface area contributed by atoms with Crippen molar-refractivity contribution in [1.82, 2.24) is 4.90 Å². The van der Waals surface area contributed by atoms with Gasteiger partial charge in [-0.25, -0.2) is 4.79 Å². The molecule has 3 amide bonds. The van der Waals surface area contributed by atoms with Crippen LogP contribution in [0.1, 0.15) is 22.3 Å². The number of rotatable bonds is 6. The summed E-state index contributed by atoms with van der Waals surface area (Å²) in [6.45, 7) is 1.94. The van der Waals surface area contributed by atoms with Gasteiger partial charge in [0.2, 0.25) is 6.79 Å². The van der Waals surface area contributed by atoms with Gasteiger partial charge >= 0.3 is 6.03 Å². The quantitative estimate of drug-likeness (QED) is 0.587. The van der Waals surface area contributed by atoms with E-state index in [9.17, 15) is 9.59 Å². The summed E-state index contributed by atoms with van der Waals surface area (Å²) in [5.74, 6) is 1.44. The van der Waals surface area contributed by atoms with Crippen molar-refractivity contribution in [2.24, 2.45) is 0 Å². The average molecular weight is 460 g/mol. The zero-order valence-corrected chi connectivity index (χ0v) is 18.8. The maximum atomic E-state index is 13.3. The third-order valence-corrected chi connectivity index (χ3v) is 5.89. The Morgan fingerprint density at radius 1 is 1.00 bits per heavy atom. The lowest BCUT2D eigenvalue weighted by Crippen LogP contribution is -2.49. The number of carbonyl (C=O) groups is 2. The number of methoxy groups -OCH3 is 1. The first-order chi connectivity index (χ1) is 16.6. The third-order valence-electron chi connectivity index (χ3n) is 5.89. The van der Waals surface area contributed by atoms with Crippen LogP contribution in [0, 0.1) is 0 Å². The molecule has 34 heavy (non-hydrogen) atoms. The number of carbonyl (C=O) groups excluding carboxylic acids is 2. The Labute approximate surface area is 197 Å². The van der Waals surface area contributed by atoms with Crippen molar-refractivity contribution in [1.29, 1.82) is 0 Å². The van der Waals surface area contributed by atoms with Crippen LogP contribution in [-0.4, -0.2) is 43.8 Å². The van der Waals surface area contributed by atoms with Crippen LogP contribution in [0.4, 0.5) is 16.2 Å². The number of ether oxygens (including phenoxy) is 3. The van der Waals surface area contributed by atoms with Gasteiger partial charge in [0, 0.05) is 30.9 Å². The topological polar surface area (TPSA) is 80.3 Å². The largest absolute Gasteiger partial charge is 0.495 e. The second kappa shape index (κ2) is 9.35. The summed E-state index contributed by atoms with van der Waals surface area (Å²) in [7, 11) is 1.57. The van der Waals surface area contributed by atoms with Crippen LogP contribution in [0.5, 0.6) is 17.2 Å². The van der Waals surface area contributed by atoms with Crippen molar-refractivity contribution >= 4 is 23.3 Å². The highest BCUT2D eigenvalue weighted by atomic mass is 16.7. The molecule has 0 atom stereocenters. The van der Waals surface area contributed by atoms with Crippen molar-refractivity contribution in [3.05, 3.63) is 77.9 Å². The van der Waals surface area contributed by atoms with Crippen molar-refractivity contribution in [2.75, 3.05) is 37.2 Å². The van der Waals surface area contributed by atoms with Gasteiger partial charge in [-0.05, 0) is 48.4 Å². The van der Waals surface area contributed by atoms with Gasteiger partial charge in [-0.3, -0.25) is 9.69 Å². The van der Waals surface area contributed by atoms with E-state index in [2.05, 4.69) is 5.32 Å². The minimum atomic E-state index is -0.287. The van der Waals surface area contributed by atoms with E-state index >= 15 is 0 Å². The lowest BCUT2D eigenvalue weighted by atomic mass is 10.1. The number of hydrogen-bond donors (Lipinski definition) is 1. The first-order valence-corrected chi connectivity index (χ1v) is 11.1. The molecule has 3 aromatic carbocycles. The predicted molar refractivity (Wildman–Crippen MR) is 128 cm³/mol. The molecule has 0 saturated carbocycles. The molecule has 3 aromatic rings. The van der Waals surface area contributed by atoms with Crippen LogP contribution in [0.2, 0.25) is 0 Å². The number of amides is 3. The number of nitrogens with zero attached hydrogens (tertiary/aromatic N) is 2. The second-order valence-corrected chi connectivity index (χ2v) is 8.10. The van der Waals surface area contributed by atoms with Gasteiger partial charge in [-0.15, -0.1) is 0 Å². The lowest BCUT2D eigenvalue weighted by Gasteiger charge is -2.36. The second-order valence-electron chi connectivity index (χ2n) is 8.10. The van der Waals surface area contributed by atoms with Crippen LogP contribution >= 0.6 is 0 Å². The van der Waals surface area contributed by atoms with Crippen molar-refractivity contribution in [2.45, 2.75) is 13.0 Å². The summed E-state index contributed by atoms with van der Waals surface area (Å²) in [5, 5.41) is 2.90. The van der Waals surface area contributed by atoms with E-state index in [0.717, 1.165) is 12.0 Å². The van der Waals surface area contributed by atoms with Crippen molar-refractivity contribution in [3.63, 3.8) is 0 Å². The number of urea groups is 1. The summed E-state index contributed by atoms with van der Waals surface area (Å²) in [4.78, 5) is 29.7. The standard InChI is InChI=1S/C26H25N3O5/c1-32-22-11-9-20(27-25(30)19-8-10-23-24(14-19)34-17-33-23)15-21(22)29-13-5-12-28(26(29)31)16-18-6-3-2-4-7-18/h2-4,6-11,14-15H,5,12-13,16-17H2,1H3,(H,27,30). The summed E-state index contributed by atoms with van der Waals surface area (Å²) >= 11 is 0. The zero-order valence-electron chi connectivity index (χ0n) is 18.8. The summed E-state index contributed by atoms with van der Waals surface area (Å²) in [5.41, 5.74) is 2.71. The first kappa shape index (κ1) is 21.6. The van der Waals surface area contributed by atoms with E-state index in [0.29, 0.717) is 53.8 Å². The lowest BCUT2D eigenvalue weighted by molar-refractivity contribution is 0.102. The SMILES string of the molecule is COc1ccc(NC(=O)c2ccc3c(c2)OCO3)cc1N1CCCN(Cc2ccccc2)C1=O. The fourth-order valence-corrected chi connectivity index (χ4v) is 4.18. The van der Waals surface area contributed by atoms with Gasteiger partial charge in [0.1, 0.15) is 5.75 Å². The van der Waals surface area contributed by atoms with Crippen LogP contribution in [0.3, 0.4) is 0 Å². The molecule has 0 spiro atoms. The number of anilines is 2. The molecule has 2 aliphatic heterocycles. The minimum Gasteiger partial charge on any atom is -0.495 e. The van der Waals surface area contributed by atoms with Gasteiger partial charge in [0.15, 0.2) is 11.5 Å². The monoisotopic (exact) mass is 459 g/mol. The maximum absolute atomic E-state index is 13.3. The number of fused-ring (bicyclic) bond motifs is 1. The van der Waals surface area contributed by atoms with Crippen LogP contribution in [-0.2, 0) is 6.54 Å². The Balaban J connectivity index is 1.36. The molecule has 0 unspecified atom stereocenters. The molecule has 5 rings (SSSR count). The highest BCUT2D eigenvalue weighted by molar-refractivity contribution is 6.05. The highest BCUT2D eigenvalue weighted by Crippen LogP contribution is 2.35. The fraction of sp³-hybridized carbons (Fsp3) is 0.231. The molecule has 8 heteroatoms. The van der Waals surface area contributed by atoms with E-state index in [1.807, 2.05) is 35.2 Å². The number of hydrogen-bond acceptors (Lipinski definition) is 5. The molecule has 0 aromatic heterocycles. The van der Waals surface area contributed by atoms with Gasteiger partial charge in [0.25, 0.3) is 5.91 Å². The van der Waals surface area contributed by atoms with Gasteiger partial charge in [0.05, 0.1) is 12.8 Å². The van der Waals surface area contributed by atoms with Gasteiger partial charge < -0.3 is 24.4 Å². The molecule has 2 aliphatic rings. The number of benzene rings is 3. The molecule has 0 aliphatic carbocycles.